The highest BCUT2D eigenvalue weighted by molar-refractivity contribution is 5.89. The van der Waals surface area contributed by atoms with Crippen molar-refractivity contribution in [1.82, 2.24) is 24.8 Å². The highest BCUT2D eigenvalue weighted by Gasteiger charge is 2.33. The van der Waals surface area contributed by atoms with Crippen molar-refractivity contribution in [3.05, 3.63) is 53.6 Å². The van der Waals surface area contributed by atoms with Gasteiger partial charge in [0.2, 0.25) is 0 Å². The maximum Gasteiger partial charge on any atom is 0.124 e. The highest BCUT2D eigenvalue weighted by atomic mass is 15.3. The molecule has 2 atom stereocenters. The van der Waals surface area contributed by atoms with Gasteiger partial charge in [-0.2, -0.15) is 0 Å². The molecule has 2 saturated heterocycles. The lowest BCUT2D eigenvalue weighted by Crippen LogP contribution is -2.44. The van der Waals surface area contributed by atoms with Crippen LogP contribution in [0, 0.1) is 6.92 Å². The van der Waals surface area contributed by atoms with E-state index < -0.39 is 6.98 Å². The maximum absolute atomic E-state index is 7.67. The van der Waals surface area contributed by atoms with Gasteiger partial charge in [-0.15, -0.1) is 0 Å². The molecule has 0 spiro atoms. The number of pyridine rings is 1. The van der Waals surface area contributed by atoms with E-state index >= 15 is 0 Å². The molecule has 2 aromatic heterocycles. The van der Waals surface area contributed by atoms with E-state index in [-0.39, 0.29) is 12.1 Å². The number of nitrogens with one attached hydrogen (secondary N) is 1. The number of nitrogens with zero attached hydrogens (tertiary/aromatic N) is 5. The van der Waals surface area contributed by atoms with Crippen molar-refractivity contribution in [1.29, 1.82) is 0 Å². The molecule has 6 heteroatoms. The number of likely N-dealkylation sites (tertiary alicyclic amines) is 1. The van der Waals surface area contributed by atoms with Crippen molar-refractivity contribution in [2.45, 2.75) is 38.3 Å². The standard InChI is InChI=1S/C24H32N6/c1-17-7-6-12-25-22(17)19-9-5-11-21(29(19)3)24-26-18-8-4-10-20(23(18)27-24)30-15-13-28(2)14-16-30/h4,6-8,10,12,19,21H,5,9,11,13-16H2,1-3H3,(H,26,27)/t19-,21+/m0/s1/i2D3. The Bertz CT molecular complexity index is 1120. The van der Waals surface area contributed by atoms with Crippen molar-refractivity contribution in [2.24, 2.45) is 0 Å². The first kappa shape index (κ1) is 16.3. The van der Waals surface area contributed by atoms with E-state index in [9.17, 15) is 0 Å². The van der Waals surface area contributed by atoms with E-state index in [1.165, 1.54) is 5.56 Å². The Kier molecular flexibility index (Phi) is 4.34. The predicted octanol–water partition coefficient (Wildman–Crippen LogP) is 3.92. The Hall–Kier alpha value is -2.44. The summed E-state index contributed by atoms with van der Waals surface area (Å²) in [6.07, 6.45) is 5.19. The van der Waals surface area contributed by atoms with Gasteiger partial charge >= 0.3 is 0 Å². The second-order valence-electron chi connectivity index (χ2n) is 8.60. The summed E-state index contributed by atoms with van der Waals surface area (Å²) in [5.74, 6) is 0.999. The van der Waals surface area contributed by atoms with Crippen LogP contribution < -0.4 is 4.90 Å². The van der Waals surface area contributed by atoms with Gasteiger partial charge in [-0.3, -0.25) is 9.88 Å². The molecule has 5 rings (SSSR count). The number of para-hydroxylation sites is 1. The fourth-order valence-corrected chi connectivity index (χ4v) is 5.03. The molecule has 2 aliphatic rings. The second kappa shape index (κ2) is 8.00. The Morgan fingerprint density at radius 1 is 1.07 bits per heavy atom. The molecule has 30 heavy (non-hydrogen) atoms. The molecule has 0 unspecified atom stereocenters. The largest absolute Gasteiger partial charge is 0.367 e. The number of H-pyrrole nitrogens is 1. The first-order chi connectivity index (χ1) is 15.8. The molecular formula is C24H32N6. The number of anilines is 1. The lowest BCUT2D eigenvalue weighted by Gasteiger charge is -2.38. The van der Waals surface area contributed by atoms with Crippen LogP contribution in [0.5, 0.6) is 0 Å². The quantitative estimate of drug-likeness (QED) is 0.713. The molecule has 1 aromatic carbocycles. The molecule has 4 heterocycles. The number of rotatable bonds is 3. The zero-order valence-electron chi connectivity index (χ0n) is 20.8. The number of benzene rings is 1. The number of aryl methyl sites for hydroxylation is 1. The van der Waals surface area contributed by atoms with E-state index in [1.807, 2.05) is 12.3 Å². The normalized spacial score (nSPS) is 25.8. The van der Waals surface area contributed by atoms with Gasteiger partial charge in [0.25, 0.3) is 0 Å². The third-order valence-electron chi connectivity index (χ3n) is 6.75. The van der Waals surface area contributed by atoms with Crippen LogP contribution in [-0.2, 0) is 0 Å². The van der Waals surface area contributed by atoms with E-state index in [1.54, 1.807) is 4.90 Å². The van der Waals surface area contributed by atoms with Crippen LogP contribution in [-0.4, -0.2) is 65.0 Å². The number of likely N-dealkylation sites (N-methyl/N-ethyl adjacent to an activating group) is 1. The van der Waals surface area contributed by atoms with Crippen molar-refractivity contribution in [3.8, 4) is 0 Å². The third-order valence-corrected chi connectivity index (χ3v) is 6.75. The molecule has 158 valence electrons. The summed E-state index contributed by atoms with van der Waals surface area (Å²) < 4.78 is 23.0. The molecule has 1 N–H and O–H groups in total. The Morgan fingerprint density at radius 2 is 1.90 bits per heavy atom. The van der Waals surface area contributed by atoms with Crippen LogP contribution in [0.1, 0.15) is 52.5 Å². The molecule has 0 amide bonds. The topological polar surface area (TPSA) is 51.3 Å². The first-order valence-electron chi connectivity index (χ1n) is 12.4. The Morgan fingerprint density at radius 3 is 2.70 bits per heavy atom. The number of hydrogen-bond donors (Lipinski definition) is 1. The molecule has 0 aliphatic carbocycles. The smallest absolute Gasteiger partial charge is 0.124 e. The monoisotopic (exact) mass is 407 g/mol. The lowest BCUT2D eigenvalue weighted by atomic mass is 9.92. The zero-order chi connectivity index (χ0) is 23.2. The minimum atomic E-state index is -2.02. The highest BCUT2D eigenvalue weighted by Crippen LogP contribution is 2.40. The molecule has 2 aliphatic heterocycles. The summed E-state index contributed by atoms with van der Waals surface area (Å²) in [6, 6.07) is 10.9. The zero-order valence-corrected chi connectivity index (χ0v) is 17.8. The summed E-state index contributed by atoms with van der Waals surface area (Å²) in [5.41, 5.74) is 5.48. The van der Waals surface area contributed by atoms with E-state index in [0.29, 0.717) is 26.2 Å². The van der Waals surface area contributed by atoms with Crippen LogP contribution in [0.3, 0.4) is 0 Å². The fourth-order valence-electron chi connectivity index (χ4n) is 5.03. The summed E-state index contributed by atoms with van der Waals surface area (Å²) in [7, 11) is 2.19. The van der Waals surface area contributed by atoms with Gasteiger partial charge in [-0.05, 0) is 64.0 Å². The molecule has 0 bridgehead atoms. The van der Waals surface area contributed by atoms with Gasteiger partial charge < -0.3 is 14.8 Å². The number of piperazine rings is 1. The first-order valence-corrected chi connectivity index (χ1v) is 10.9. The van der Waals surface area contributed by atoms with E-state index in [2.05, 4.69) is 53.0 Å². The van der Waals surface area contributed by atoms with Crippen LogP contribution in [0.15, 0.2) is 36.5 Å². The lowest BCUT2D eigenvalue weighted by molar-refractivity contribution is 0.107. The van der Waals surface area contributed by atoms with Crippen LogP contribution >= 0.6 is 0 Å². The molecule has 0 saturated carbocycles. The number of piperidine rings is 1. The van der Waals surface area contributed by atoms with Gasteiger partial charge in [0.05, 0.1) is 29.0 Å². The van der Waals surface area contributed by atoms with Crippen LogP contribution in [0.25, 0.3) is 11.0 Å². The summed E-state index contributed by atoms with van der Waals surface area (Å²) in [6.45, 7) is 2.54. The third kappa shape index (κ3) is 3.48. The molecule has 3 aromatic rings. The minimum Gasteiger partial charge on any atom is -0.367 e. The second-order valence-corrected chi connectivity index (χ2v) is 8.60. The van der Waals surface area contributed by atoms with Gasteiger partial charge in [0.1, 0.15) is 11.3 Å². The van der Waals surface area contributed by atoms with Gasteiger partial charge in [-0.25, -0.2) is 4.98 Å². The molecule has 6 nitrogen and oxygen atoms in total. The summed E-state index contributed by atoms with van der Waals surface area (Å²) in [4.78, 5) is 19.7. The van der Waals surface area contributed by atoms with Crippen molar-refractivity contribution in [2.75, 3.05) is 45.1 Å². The van der Waals surface area contributed by atoms with Crippen molar-refractivity contribution < 1.29 is 4.11 Å². The van der Waals surface area contributed by atoms with E-state index in [0.717, 1.165) is 47.5 Å². The summed E-state index contributed by atoms with van der Waals surface area (Å²) in [5, 5.41) is 0. The molecule has 2 fully saturated rings. The number of fused-ring (bicyclic) bond motifs is 1. The number of imidazole rings is 1. The van der Waals surface area contributed by atoms with Gasteiger partial charge in [-0.1, -0.05) is 12.1 Å². The maximum atomic E-state index is 7.67. The minimum absolute atomic E-state index is 0.206. The average molecular weight is 408 g/mol. The molecule has 0 radical (unpaired) electrons. The number of hydrogen-bond acceptors (Lipinski definition) is 5. The number of aromatic amines is 1. The van der Waals surface area contributed by atoms with Crippen LogP contribution in [0.2, 0.25) is 0 Å². The summed E-state index contributed by atoms with van der Waals surface area (Å²) >= 11 is 0. The van der Waals surface area contributed by atoms with E-state index in [4.69, 9.17) is 14.1 Å². The number of aromatic nitrogens is 3. The Balaban J connectivity index is 1.41. The molecular weight excluding hydrogens is 372 g/mol. The SMILES string of the molecule is [2H]C([2H])([2H])N1CCN(c2cccc3[nH]c([C@H]4CCC[C@@H](c5ncccc5C)N4C)nc23)CC1. The fraction of sp³-hybridized carbons (Fsp3) is 0.500. The predicted molar refractivity (Wildman–Crippen MR) is 122 cm³/mol. The van der Waals surface area contributed by atoms with Gasteiger partial charge in [0, 0.05) is 36.5 Å². The van der Waals surface area contributed by atoms with Crippen LogP contribution in [0.4, 0.5) is 5.69 Å². The van der Waals surface area contributed by atoms with Crippen molar-refractivity contribution in [3.63, 3.8) is 0 Å². The Labute approximate surface area is 183 Å². The van der Waals surface area contributed by atoms with Crippen molar-refractivity contribution >= 4 is 16.7 Å². The van der Waals surface area contributed by atoms with Gasteiger partial charge in [0.15, 0.2) is 0 Å². The average Bonchev–Trinajstić information content (AvgIpc) is 3.23.